The Balaban J connectivity index is 1.45. The van der Waals surface area contributed by atoms with E-state index in [4.69, 9.17) is 9.72 Å². The molecule has 2 aromatic carbocycles. The number of thiazole rings is 1. The summed E-state index contributed by atoms with van der Waals surface area (Å²) in [7, 11) is -3.51. The summed E-state index contributed by atoms with van der Waals surface area (Å²) in [6.45, 7) is 10.5. The molecule has 170 valence electrons. The number of aryl methyl sites for hydroxylation is 3. The lowest BCUT2D eigenvalue weighted by Gasteiger charge is -2.34. The molecule has 0 amide bonds. The fourth-order valence-electron chi connectivity index (χ4n) is 4.25. The molecule has 8 heteroatoms. The van der Waals surface area contributed by atoms with Gasteiger partial charge in [-0.15, -0.1) is 11.3 Å². The Labute approximate surface area is 194 Å². The first-order valence-electron chi connectivity index (χ1n) is 10.8. The molecule has 32 heavy (non-hydrogen) atoms. The Morgan fingerprint density at radius 2 is 1.62 bits per heavy atom. The van der Waals surface area contributed by atoms with Crippen molar-refractivity contribution >= 4 is 26.5 Å². The van der Waals surface area contributed by atoms with Crippen molar-refractivity contribution in [2.45, 2.75) is 32.6 Å². The average Bonchev–Trinajstić information content (AvgIpc) is 3.24. The predicted octanol–water partition coefficient (Wildman–Crippen LogP) is 4.64. The van der Waals surface area contributed by atoms with Gasteiger partial charge in [-0.25, -0.2) is 13.4 Å². The number of piperazine rings is 1. The Hall–Kier alpha value is -2.42. The van der Waals surface area contributed by atoms with Gasteiger partial charge in [0.2, 0.25) is 10.0 Å². The molecule has 0 aliphatic carbocycles. The zero-order valence-electron chi connectivity index (χ0n) is 19.0. The van der Waals surface area contributed by atoms with Gasteiger partial charge < -0.3 is 9.64 Å². The molecule has 0 N–H and O–H groups in total. The number of nitrogens with zero attached hydrogens (tertiary/aromatic N) is 3. The van der Waals surface area contributed by atoms with E-state index >= 15 is 0 Å². The normalized spacial score (nSPS) is 15.2. The topological polar surface area (TPSA) is 62.7 Å². The molecule has 1 aliphatic heterocycles. The molecule has 1 fully saturated rings. The lowest BCUT2D eigenvalue weighted by molar-refractivity contribution is 0.340. The first kappa shape index (κ1) is 22.8. The predicted molar refractivity (Wildman–Crippen MR) is 130 cm³/mol. The Bertz CT molecular complexity index is 1170. The van der Waals surface area contributed by atoms with Crippen LogP contribution in [-0.2, 0) is 10.0 Å². The molecule has 0 bridgehead atoms. The summed E-state index contributed by atoms with van der Waals surface area (Å²) in [5.74, 6) is 0.850. The van der Waals surface area contributed by atoms with Gasteiger partial charge in [0.25, 0.3) is 0 Å². The highest BCUT2D eigenvalue weighted by atomic mass is 32.2. The minimum atomic E-state index is -3.51. The second-order valence-electron chi connectivity index (χ2n) is 8.09. The highest BCUT2D eigenvalue weighted by molar-refractivity contribution is 7.89. The van der Waals surface area contributed by atoms with Crippen molar-refractivity contribution in [2.75, 3.05) is 37.7 Å². The lowest BCUT2D eigenvalue weighted by atomic mass is 10.1. The van der Waals surface area contributed by atoms with E-state index in [2.05, 4.69) is 4.90 Å². The molecule has 1 aliphatic rings. The molecule has 0 unspecified atom stereocenters. The molecular formula is C24H29N3O3S2. The Kier molecular flexibility index (Phi) is 6.55. The van der Waals surface area contributed by atoms with Gasteiger partial charge in [-0.1, -0.05) is 17.7 Å². The SMILES string of the molecule is CCOc1ccc(-c2csc(N3CCN(S(=O)(=O)c4c(C)cc(C)cc4C)CC3)n2)cc1. The standard InChI is InChI=1S/C24H29N3O3S2/c1-5-30-21-8-6-20(7-9-21)22-16-31-24(25-22)26-10-12-27(13-11-26)32(28,29)23-18(3)14-17(2)15-19(23)4/h6-9,14-16H,5,10-13H2,1-4H3. The van der Waals surface area contributed by atoms with E-state index in [0.717, 1.165) is 38.8 Å². The van der Waals surface area contributed by atoms with Gasteiger partial charge in [0, 0.05) is 37.1 Å². The van der Waals surface area contributed by atoms with Crippen LogP contribution in [-0.4, -0.2) is 50.5 Å². The maximum Gasteiger partial charge on any atom is 0.243 e. The molecule has 2 heterocycles. The van der Waals surface area contributed by atoms with Crippen LogP contribution < -0.4 is 9.64 Å². The second-order valence-corrected chi connectivity index (χ2v) is 10.8. The first-order valence-corrected chi connectivity index (χ1v) is 13.1. The third-order valence-corrected chi connectivity index (χ3v) is 8.77. The Morgan fingerprint density at radius 1 is 1.00 bits per heavy atom. The second kappa shape index (κ2) is 9.21. The van der Waals surface area contributed by atoms with Crippen LogP contribution in [0, 0.1) is 20.8 Å². The number of rotatable bonds is 6. The zero-order valence-corrected chi connectivity index (χ0v) is 20.6. The van der Waals surface area contributed by atoms with Crippen molar-refractivity contribution in [3.63, 3.8) is 0 Å². The number of sulfonamides is 1. The van der Waals surface area contributed by atoms with Crippen molar-refractivity contribution in [1.29, 1.82) is 0 Å². The molecule has 0 atom stereocenters. The molecule has 1 aromatic heterocycles. The summed E-state index contributed by atoms with van der Waals surface area (Å²) in [5, 5.41) is 2.97. The minimum Gasteiger partial charge on any atom is -0.494 e. The number of aromatic nitrogens is 1. The van der Waals surface area contributed by atoms with Crippen LogP contribution in [0.2, 0.25) is 0 Å². The summed E-state index contributed by atoms with van der Waals surface area (Å²) in [5.41, 5.74) is 4.67. The molecule has 0 spiro atoms. The maximum absolute atomic E-state index is 13.3. The smallest absolute Gasteiger partial charge is 0.243 e. The van der Waals surface area contributed by atoms with Crippen molar-refractivity contribution in [3.05, 3.63) is 58.5 Å². The van der Waals surface area contributed by atoms with Gasteiger partial charge in [-0.3, -0.25) is 0 Å². The number of anilines is 1. The Morgan fingerprint density at radius 3 is 2.22 bits per heavy atom. The molecule has 6 nitrogen and oxygen atoms in total. The van der Waals surface area contributed by atoms with Crippen LogP contribution in [0.4, 0.5) is 5.13 Å². The molecule has 1 saturated heterocycles. The zero-order chi connectivity index (χ0) is 22.9. The van der Waals surface area contributed by atoms with Crippen molar-refractivity contribution in [2.24, 2.45) is 0 Å². The number of hydrogen-bond donors (Lipinski definition) is 0. The van der Waals surface area contributed by atoms with E-state index < -0.39 is 10.0 Å². The number of hydrogen-bond acceptors (Lipinski definition) is 6. The van der Waals surface area contributed by atoms with Gasteiger partial charge in [0.1, 0.15) is 5.75 Å². The molecule has 0 radical (unpaired) electrons. The van der Waals surface area contributed by atoms with Crippen LogP contribution in [0.25, 0.3) is 11.3 Å². The van der Waals surface area contributed by atoms with Crippen LogP contribution >= 0.6 is 11.3 Å². The van der Waals surface area contributed by atoms with Crippen LogP contribution in [0.3, 0.4) is 0 Å². The van der Waals surface area contributed by atoms with Gasteiger partial charge in [-0.2, -0.15) is 4.31 Å². The largest absolute Gasteiger partial charge is 0.494 e. The molecule has 3 aromatic rings. The van der Waals surface area contributed by atoms with Crippen molar-refractivity contribution in [3.8, 4) is 17.0 Å². The summed E-state index contributed by atoms with van der Waals surface area (Å²) in [6.07, 6.45) is 0. The van der Waals surface area contributed by atoms with E-state index in [1.54, 1.807) is 15.6 Å². The fourth-order valence-corrected chi connectivity index (χ4v) is 6.98. The van der Waals surface area contributed by atoms with Gasteiger partial charge in [-0.05, 0) is 63.1 Å². The summed E-state index contributed by atoms with van der Waals surface area (Å²) < 4.78 is 33.8. The van der Waals surface area contributed by atoms with E-state index in [-0.39, 0.29) is 0 Å². The quantitative estimate of drug-likeness (QED) is 0.524. The molecule has 4 rings (SSSR count). The van der Waals surface area contributed by atoms with Gasteiger partial charge in [0.05, 0.1) is 17.2 Å². The van der Waals surface area contributed by atoms with Crippen molar-refractivity contribution < 1.29 is 13.2 Å². The summed E-state index contributed by atoms with van der Waals surface area (Å²) in [6, 6.07) is 11.8. The van der Waals surface area contributed by atoms with Gasteiger partial charge in [0.15, 0.2) is 5.13 Å². The lowest BCUT2D eigenvalue weighted by Crippen LogP contribution is -2.48. The van der Waals surface area contributed by atoms with Gasteiger partial charge >= 0.3 is 0 Å². The van der Waals surface area contributed by atoms with Crippen LogP contribution in [0.15, 0.2) is 46.7 Å². The first-order chi connectivity index (χ1) is 15.3. The monoisotopic (exact) mass is 471 g/mol. The average molecular weight is 472 g/mol. The minimum absolute atomic E-state index is 0.448. The molecule has 0 saturated carbocycles. The highest BCUT2D eigenvalue weighted by Crippen LogP contribution is 2.31. The van der Waals surface area contributed by atoms with E-state index in [0.29, 0.717) is 37.7 Å². The maximum atomic E-state index is 13.3. The van der Waals surface area contributed by atoms with E-state index in [1.165, 1.54) is 0 Å². The van der Waals surface area contributed by atoms with E-state index in [9.17, 15) is 8.42 Å². The van der Waals surface area contributed by atoms with E-state index in [1.807, 2.05) is 69.5 Å². The fraction of sp³-hybridized carbons (Fsp3) is 0.375. The highest BCUT2D eigenvalue weighted by Gasteiger charge is 2.31. The van der Waals surface area contributed by atoms with Crippen LogP contribution in [0.1, 0.15) is 23.6 Å². The third-order valence-electron chi connectivity index (χ3n) is 5.66. The number of ether oxygens (including phenoxy) is 1. The summed E-state index contributed by atoms with van der Waals surface area (Å²) >= 11 is 1.59. The molecular weight excluding hydrogens is 442 g/mol. The van der Waals surface area contributed by atoms with Crippen LogP contribution in [0.5, 0.6) is 5.75 Å². The third kappa shape index (κ3) is 4.53. The van der Waals surface area contributed by atoms with Crippen molar-refractivity contribution in [1.82, 2.24) is 9.29 Å². The number of benzene rings is 2. The summed E-state index contributed by atoms with van der Waals surface area (Å²) in [4.78, 5) is 7.42.